The van der Waals surface area contributed by atoms with Crippen molar-refractivity contribution in [2.75, 3.05) is 13.1 Å². The Morgan fingerprint density at radius 1 is 1.35 bits per heavy atom. The van der Waals surface area contributed by atoms with Gasteiger partial charge < -0.3 is 10.4 Å². The molecule has 0 radical (unpaired) electrons. The van der Waals surface area contributed by atoms with Gasteiger partial charge in [0.05, 0.1) is 5.41 Å². The number of nitrogens with one attached hydrogen (secondary N) is 1. The van der Waals surface area contributed by atoms with Crippen LogP contribution in [0.1, 0.15) is 18.4 Å². The minimum Gasteiger partial charge on any atom is -0.481 e. The van der Waals surface area contributed by atoms with Gasteiger partial charge in [0, 0.05) is 11.6 Å². The van der Waals surface area contributed by atoms with Crippen molar-refractivity contribution < 1.29 is 9.90 Å². The maximum absolute atomic E-state index is 10.9. The molecule has 2 rings (SSSR count). The van der Waals surface area contributed by atoms with E-state index in [1.54, 1.807) is 0 Å². The smallest absolute Gasteiger partial charge is 0.310 e. The molecular formula is C13H16ClNO2. The molecule has 1 aromatic rings. The third kappa shape index (κ3) is 3.20. The zero-order valence-corrected chi connectivity index (χ0v) is 10.3. The normalized spacial score (nSPS) is 16.8. The Bertz CT molecular complexity index is 398. The summed E-state index contributed by atoms with van der Waals surface area (Å²) in [5.41, 5.74) is 0.738. The molecular weight excluding hydrogens is 238 g/mol. The van der Waals surface area contributed by atoms with Gasteiger partial charge in [-0.3, -0.25) is 4.79 Å². The van der Waals surface area contributed by atoms with E-state index in [-0.39, 0.29) is 0 Å². The zero-order chi connectivity index (χ0) is 12.3. The van der Waals surface area contributed by atoms with Crippen LogP contribution in [-0.4, -0.2) is 24.2 Å². The third-order valence-corrected chi connectivity index (χ3v) is 3.53. The highest BCUT2D eigenvalue weighted by atomic mass is 35.5. The highest BCUT2D eigenvalue weighted by molar-refractivity contribution is 6.30. The van der Waals surface area contributed by atoms with Crippen LogP contribution >= 0.6 is 11.6 Å². The first-order valence-electron chi connectivity index (χ1n) is 5.81. The fourth-order valence-corrected chi connectivity index (χ4v) is 1.95. The van der Waals surface area contributed by atoms with Gasteiger partial charge in [0.2, 0.25) is 0 Å². The molecule has 0 unspecified atom stereocenters. The second-order valence-electron chi connectivity index (χ2n) is 4.64. The van der Waals surface area contributed by atoms with Crippen molar-refractivity contribution in [3.8, 4) is 0 Å². The third-order valence-electron chi connectivity index (χ3n) is 3.27. The molecule has 0 atom stereocenters. The van der Waals surface area contributed by atoms with Crippen LogP contribution in [0.5, 0.6) is 0 Å². The second kappa shape index (κ2) is 5.07. The molecule has 1 fully saturated rings. The predicted octanol–water partition coefficient (Wildman–Crippen LogP) is 2.34. The van der Waals surface area contributed by atoms with E-state index in [0.717, 1.165) is 30.8 Å². The van der Waals surface area contributed by atoms with Gasteiger partial charge in [0.1, 0.15) is 0 Å². The molecule has 92 valence electrons. The zero-order valence-electron chi connectivity index (χ0n) is 9.58. The summed E-state index contributed by atoms with van der Waals surface area (Å²) in [6.07, 6.45) is 2.50. The molecule has 4 heteroatoms. The Balaban J connectivity index is 1.70. The summed E-state index contributed by atoms with van der Waals surface area (Å²) in [4.78, 5) is 10.9. The molecule has 0 heterocycles. The van der Waals surface area contributed by atoms with Gasteiger partial charge in [-0.25, -0.2) is 0 Å². The van der Waals surface area contributed by atoms with Crippen molar-refractivity contribution in [1.29, 1.82) is 0 Å². The van der Waals surface area contributed by atoms with E-state index in [4.69, 9.17) is 16.7 Å². The molecule has 0 amide bonds. The van der Waals surface area contributed by atoms with Crippen LogP contribution in [0.3, 0.4) is 0 Å². The highest BCUT2D eigenvalue weighted by Gasteiger charge is 2.49. The Morgan fingerprint density at radius 2 is 2.00 bits per heavy atom. The molecule has 0 aromatic heterocycles. The monoisotopic (exact) mass is 253 g/mol. The van der Waals surface area contributed by atoms with Gasteiger partial charge in [-0.2, -0.15) is 0 Å². The van der Waals surface area contributed by atoms with Crippen LogP contribution < -0.4 is 5.32 Å². The summed E-state index contributed by atoms with van der Waals surface area (Å²) < 4.78 is 0. The Kier molecular flexibility index (Phi) is 3.69. The lowest BCUT2D eigenvalue weighted by Gasteiger charge is -2.10. The molecule has 1 aliphatic carbocycles. The van der Waals surface area contributed by atoms with Crippen LogP contribution in [0.2, 0.25) is 5.02 Å². The van der Waals surface area contributed by atoms with Gasteiger partial charge in [-0.15, -0.1) is 0 Å². The molecule has 3 nitrogen and oxygen atoms in total. The van der Waals surface area contributed by atoms with Crippen molar-refractivity contribution >= 4 is 17.6 Å². The molecule has 0 aliphatic heterocycles. The molecule has 1 saturated carbocycles. The average molecular weight is 254 g/mol. The first-order chi connectivity index (χ1) is 8.12. The number of hydrogen-bond acceptors (Lipinski definition) is 2. The first-order valence-corrected chi connectivity index (χ1v) is 6.19. The molecule has 1 aliphatic rings. The maximum atomic E-state index is 10.9. The van der Waals surface area contributed by atoms with E-state index >= 15 is 0 Å². The van der Waals surface area contributed by atoms with Crippen molar-refractivity contribution in [2.45, 2.75) is 19.3 Å². The molecule has 1 aromatic carbocycles. The van der Waals surface area contributed by atoms with Gasteiger partial charge in [-0.1, -0.05) is 23.7 Å². The van der Waals surface area contributed by atoms with Crippen molar-refractivity contribution in [2.24, 2.45) is 5.41 Å². The summed E-state index contributed by atoms with van der Waals surface area (Å²) in [7, 11) is 0. The summed E-state index contributed by atoms with van der Waals surface area (Å²) >= 11 is 5.80. The number of benzene rings is 1. The molecule has 2 N–H and O–H groups in total. The van der Waals surface area contributed by atoms with Crippen LogP contribution in [0.15, 0.2) is 24.3 Å². The molecule has 0 saturated heterocycles. The van der Waals surface area contributed by atoms with Gasteiger partial charge in [0.25, 0.3) is 0 Å². The summed E-state index contributed by atoms with van der Waals surface area (Å²) in [6.45, 7) is 1.38. The van der Waals surface area contributed by atoms with E-state index in [1.807, 2.05) is 24.3 Å². The lowest BCUT2D eigenvalue weighted by Crippen LogP contribution is -2.31. The predicted molar refractivity (Wildman–Crippen MR) is 67.3 cm³/mol. The number of carboxylic acids is 1. The van der Waals surface area contributed by atoms with E-state index in [0.29, 0.717) is 6.54 Å². The largest absolute Gasteiger partial charge is 0.481 e. The Labute approximate surface area is 106 Å². The second-order valence-corrected chi connectivity index (χ2v) is 5.08. The van der Waals surface area contributed by atoms with E-state index in [1.165, 1.54) is 5.56 Å². The fourth-order valence-electron chi connectivity index (χ4n) is 1.83. The number of aliphatic carboxylic acids is 1. The number of carbonyl (C=O) groups is 1. The van der Waals surface area contributed by atoms with Crippen LogP contribution in [0, 0.1) is 5.41 Å². The molecule has 0 bridgehead atoms. The highest BCUT2D eigenvalue weighted by Crippen LogP contribution is 2.45. The van der Waals surface area contributed by atoms with Gasteiger partial charge >= 0.3 is 5.97 Å². The van der Waals surface area contributed by atoms with Crippen LogP contribution in [0.25, 0.3) is 0 Å². The van der Waals surface area contributed by atoms with Gasteiger partial charge in [0.15, 0.2) is 0 Å². The van der Waals surface area contributed by atoms with Crippen molar-refractivity contribution in [1.82, 2.24) is 5.32 Å². The molecule has 17 heavy (non-hydrogen) atoms. The molecule has 0 spiro atoms. The Morgan fingerprint density at radius 3 is 2.53 bits per heavy atom. The minimum absolute atomic E-state index is 0.472. The van der Waals surface area contributed by atoms with E-state index < -0.39 is 11.4 Å². The maximum Gasteiger partial charge on any atom is 0.310 e. The van der Waals surface area contributed by atoms with Crippen molar-refractivity contribution in [3.63, 3.8) is 0 Å². The lowest BCUT2D eigenvalue weighted by molar-refractivity contribution is -0.143. The number of hydrogen-bond donors (Lipinski definition) is 2. The fraction of sp³-hybridized carbons (Fsp3) is 0.462. The quantitative estimate of drug-likeness (QED) is 0.765. The van der Waals surface area contributed by atoms with Gasteiger partial charge in [-0.05, 0) is 43.5 Å². The topological polar surface area (TPSA) is 49.3 Å². The number of halogens is 1. The summed E-state index contributed by atoms with van der Waals surface area (Å²) in [5.74, 6) is -0.670. The number of rotatable bonds is 6. The summed E-state index contributed by atoms with van der Waals surface area (Å²) in [6, 6.07) is 7.73. The SMILES string of the molecule is O=C(O)C1(CNCCc2ccc(Cl)cc2)CC1. The van der Waals surface area contributed by atoms with Crippen molar-refractivity contribution in [3.05, 3.63) is 34.9 Å². The average Bonchev–Trinajstić information content (AvgIpc) is 3.08. The lowest BCUT2D eigenvalue weighted by atomic mass is 10.1. The van der Waals surface area contributed by atoms with Crippen LogP contribution in [0.4, 0.5) is 0 Å². The first kappa shape index (κ1) is 12.4. The standard InChI is InChI=1S/C13H16ClNO2/c14-11-3-1-10(2-4-11)5-8-15-9-13(6-7-13)12(16)17/h1-4,15H,5-9H2,(H,16,17). The Hall–Kier alpha value is -1.06. The van der Waals surface area contributed by atoms with Crippen LogP contribution in [-0.2, 0) is 11.2 Å². The minimum atomic E-state index is -0.670. The van der Waals surface area contributed by atoms with E-state index in [2.05, 4.69) is 5.32 Å². The van der Waals surface area contributed by atoms with E-state index in [9.17, 15) is 4.79 Å². The summed E-state index contributed by atoms with van der Waals surface area (Å²) in [5, 5.41) is 13.0. The number of carboxylic acid groups (broad SMARTS) is 1.